The number of nitrogens with zero attached hydrogens (tertiary/aromatic N) is 2. The molecule has 2 aliphatic heterocycles. The van der Waals surface area contributed by atoms with E-state index in [4.69, 9.17) is 8.92 Å². The van der Waals surface area contributed by atoms with Crippen molar-refractivity contribution in [1.82, 2.24) is 9.80 Å². The number of hydrogen-bond acceptors (Lipinski definition) is 6. The molecule has 0 spiro atoms. The maximum absolute atomic E-state index is 13.1. The molecule has 0 aliphatic carbocycles. The highest BCUT2D eigenvalue weighted by molar-refractivity contribution is 7.86. The van der Waals surface area contributed by atoms with Crippen LogP contribution in [0.2, 0.25) is 0 Å². The van der Waals surface area contributed by atoms with Gasteiger partial charge in [0, 0.05) is 19.6 Å². The van der Waals surface area contributed by atoms with E-state index in [1.165, 1.54) is 0 Å². The normalized spacial score (nSPS) is 20.2. The third-order valence-electron chi connectivity index (χ3n) is 6.17. The van der Waals surface area contributed by atoms with E-state index >= 15 is 0 Å². The molecule has 2 amide bonds. The number of benzene rings is 1. The van der Waals surface area contributed by atoms with E-state index in [1.54, 1.807) is 29.2 Å². The summed E-state index contributed by atoms with van der Waals surface area (Å²) in [7, 11) is -3.75. The average molecular weight is 481 g/mol. The minimum absolute atomic E-state index is 0.0185. The molecule has 0 aromatic heterocycles. The Balaban J connectivity index is 1.45. The van der Waals surface area contributed by atoms with Crippen molar-refractivity contribution in [2.45, 2.75) is 76.3 Å². The standard InChI is InChI=1S/C24H36N2O6S/c1-18-7-9-20(10-8-18)33(29,30)31-17-13-19-11-15-25(16-12-19)22(27)21-6-5-14-26(21)23(28)32-24(2,3)4/h7-10,19,21H,5-6,11-17H2,1-4H3/t21-/m0/s1. The van der Waals surface area contributed by atoms with Crippen molar-refractivity contribution in [2.24, 2.45) is 5.92 Å². The number of aryl methyl sites for hydroxylation is 1. The minimum atomic E-state index is -3.75. The van der Waals surface area contributed by atoms with Crippen molar-refractivity contribution in [2.75, 3.05) is 26.2 Å². The lowest BCUT2D eigenvalue weighted by molar-refractivity contribution is -0.137. The SMILES string of the molecule is Cc1ccc(S(=O)(=O)OCCC2CCN(C(=O)[C@@H]3CCCN3C(=O)OC(C)(C)C)CC2)cc1. The minimum Gasteiger partial charge on any atom is -0.444 e. The van der Waals surface area contributed by atoms with Crippen molar-refractivity contribution in [1.29, 1.82) is 0 Å². The van der Waals surface area contributed by atoms with Crippen molar-refractivity contribution >= 4 is 22.1 Å². The molecule has 2 fully saturated rings. The van der Waals surface area contributed by atoms with Gasteiger partial charge in [0.05, 0.1) is 11.5 Å². The molecule has 1 aromatic carbocycles. The van der Waals surface area contributed by atoms with Gasteiger partial charge in [-0.05, 0) is 77.8 Å². The van der Waals surface area contributed by atoms with E-state index in [1.807, 2.05) is 32.6 Å². The Labute approximate surface area is 197 Å². The molecule has 2 heterocycles. The molecule has 0 bridgehead atoms. The van der Waals surface area contributed by atoms with Gasteiger partial charge in [0.25, 0.3) is 10.1 Å². The number of likely N-dealkylation sites (tertiary alicyclic amines) is 2. The third kappa shape index (κ3) is 6.93. The second-order valence-corrected chi connectivity index (χ2v) is 11.6. The lowest BCUT2D eigenvalue weighted by atomic mass is 9.93. The summed E-state index contributed by atoms with van der Waals surface area (Å²) in [6.45, 7) is 9.23. The number of hydrogen-bond donors (Lipinski definition) is 0. The van der Waals surface area contributed by atoms with E-state index in [-0.39, 0.29) is 17.4 Å². The molecule has 3 rings (SSSR count). The molecule has 0 saturated carbocycles. The van der Waals surface area contributed by atoms with Crippen LogP contribution in [-0.2, 0) is 23.8 Å². The summed E-state index contributed by atoms with van der Waals surface area (Å²) in [6.07, 6.45) is 3.22. The smallest absolute Gasteiger partial charge is 0.410 e. The first-order valence-corrected chi connectivity index (χ1v) is 13.1. The van der Waals surface area contributed by atoms with Crippen molar-refractivity contribution < 1.29 is 26.9 Å². The molecule has 2 saturated heterocycles. The van der Waals surface area contributed by atoms with Crippen LogP contribution in [0.15, 0.2) is 29.2 Å². The van der Waals surface area contributed by atoms with Crippen molar-refractivity contribution in [3.05, 3.63) is 29.8 Å². The largest absolute Gasteiger partial charge is 0.444 e. The molecule has 184 valence electrons. The lowest BCUT2D eigenvalue weighted by Crippen LogP contribution is -2.50. The summed E-state index contributed by atoms with van der Waals surface area (Å²) in [5.41, 5.74) is 0.391. The van der Waals surface area contributed by atoms with Gasteiger partial charge in [-0.1, -0.05) is 17.7 Å². The van der Waals surface area contributed by atoms with Crippen LogP contribution in [0, 0.1) is 12.8 Å². The molecular weight excluding hydrogens is 444 g/mol. The second-order valence-electron chi connectivity index (χ2n) is 9.98. The highest BCUT2D eigenvalue weighted by Gasteiger charge is 2.39. The first kappa shape index (κ1) is 25.5. The van der Waals surface area contributed by atoms with Crippen LogP contribution in [0.5, 0.6) is 0 Å². The van der Waals surface area contributed by atoms with Crippen molar-refractivity contribution in [3.8, 4) is 0 Å². The molecular formula is C24H36N2O6S. The number of piperidine rings is 1. The van der Waals surface area contributed by atoms with Gasteiger partial charge < -0.3 is 9.64 Å². The van der Waals surface area contributed by atoms with Crippen LogP contribution < -0.4 is 0 Å². The maximum Gasteiger partial charge on any atom is 0.410 e. The van der Waals surface area contributed by atoms with E-state index in [9.17, 15) is 18.0 Å². The Morgan fingerprint density at radius 1 is 1.03 bits per heavy atom. The topological polar surface area (TPSA) is 93.2 Å². The quantitative estimate of drug-likeness (QED) is 0.576. The Morgan fingerprint density at radius 2 is 1.67 bits per heavy atom. The highest BCUT2D eigenvalue weighted by Crippen LogP contribution is 2.26. The van der Waals surface area contributed by atoms with Gasteiger partial charge in [-0.2, -0.15) is 8.42 Å². The fraction of sp³-hybridized carbons (Fsp3) is 0.667. The molecule has 8 nitrogen and oxygen atoms in total. The van der Waals surface area contributed by atoms with Crippen LogP contribution in [0.25, 0.3) is 0 Å². The first-order valence-electron chi connectivity index (χ1n) is 11.7. The van der Waals surface area contributed by atoms with Gasteiger partial charge in [0.1, 0.15) is 11.6 Å². The summed E-state index contributed by atoms with van der Waals surface area (Å²) < 4.78 is 35.4. The molecule has 33 heavy (non-hydrogen) atoms. The van der Waals surface area contributed by atoms with E-state index in [2.05, 4.69) is 0 Å². The molecule has 0 unspecified atom stereocenters. The monoisotopic (exact) mass is 480 g/mol. The fourth-order valence-electron chi connectivity index (χ4n) is 4.31. The zero-order chi connectivity index (χ0) is 24.2. The van der Waals surface area contributed by atoms with E-state index in [0.29, 0.717) is 38.4 Å². The van der Waals surface area contributed by atoms with Crippen LogP contribution in [-0.4, -0.2) is 68.1 Å². The van der Waals surface area contributed by atoms with Gasteiger partial charge in [-0.15, -0.1) is 0 Å². The molecule has 1 aromatic rings. The van der Waals surface area contributed by atoms with E-state index in [0.717, 1.165) is 24.8 Å². The first-order chi connectivity index (χ1) is 15.5. The van der Waals surface area contributed by atoms with Crippen molar-refractivity contribution in [3.63, 3.8) is 0 Å². The predicted molar refractivity (Wildman–Crippen MR) is 124 cm³/mol. The van der Waals surface area contributed by atoms with Gasteiger partial charge in [0.2, 0.25) is 5.91 Å². The van der Waals surface area contributed by atoms with Crippen LogP contribution in [0.1, 0.15) is 58.4 Å². The highest BCUT2D eigenvalue weighted by atomic mass is 32.2. The van der Waals surface area contributed by atoms with Gasteiger partial charge in [-0.3, -0.25) is 13.9 Å². The summed E-state index contributed by atoms with van der Waals surface area (Å²) in [5, 5.41) is 0. The average Bonchev–Trinajstić information content (AvgIpc) is 3.23. The van der Waals surface area contributed by atoms with E-state index < -0.39 is 27.9 Å². The Hall–Kier alpha value is -2.13. The Morgan fingerprint density at radius 3 is 2.27 bits per heavy atom. The molecule has 2 aliphatic rings. The van der Waals surface area contributed by atoms with Gasteiger partial charge >= 0.3 is 6.09 Å². The summed E-state index contributed by atoms with van der Waals surface area (Å²) in [6, 6.07) is 6.14. The fourth-order valence-corrected chi connectivity index (χ4v) is 5.23. The number of carbonyl (C=O) groups is 2. The number of amides is 2. The molecule has 1 atom stereocenters. The Kier molecular flexibility index (Phi) is 8.05. The summed E-state index contributed by atoms with van der Waals surface area (Å²) in [5.74, 6) is 0.280. The molecule has 9 heteroatoms. The summed E-state index contributed by atoms with van der Waals surface area (Å²) >= 11 is 0. The van der Waals surface area contributed by atoms with Crippen LogP contribution in [0.4, 0.5) is 4.79 Å². The number of rotatable bonds is 6. The van der Waals surface area contributed by atoms with Gasteiger partial charge in [-0.25, -0.2) is 4.79 Å². The van der Waals surface area contributed by atoms with Crippen LogP contribution in [0.3, 0.4) is 0 Å². The maximum atomic E-state index is 13.1. The number of ether oxygens (including phenoxy) is 1. The predicted octanol–water partition coefficient (Wildman–Crippen LogP) is 3.73. The van der Waals surface area contributed by atoms with Gasteiger partial charge in [0.15, 0.2) is 0 Å². The zero-order valence-electron chi connectivity index (χ0n) is 20.1. The second kappa shape index (κ2) is 10.4. The lowest BCUT2D eigenvalue weighted by Gasteiger charge is -2.35. The molecule has 0 radical (unpaired) electrons. The number of carbonyl (C=O) groups excluding carboxylic acids is 2. The van der Waals surface area contributed by atoms with Crippen LogP contribution >= 0.6 is 0 Å². The third-order valence-corrected chi connectivity index (χ3v) is 7.49. The molecule has 0 N–H and O–H groups in total. The Bertz CT molecular complexity index is 931. The zero-order valence-corrected chi connectivity index (χ0v) is 20.9. The summed E-state index contributed by atoms with van der Waals surface area (Å²) in [4.78, 5) is 29.1.